The Bertz CT molecular complexity index is 528. The van der Waals surface area contributed by atoms with Gasteiger partial charge in [-0.15, -0.1) is 0 Å². The van der Waals surface area contributed by atoms with Crippen LogP contribution in [-0.2, 0) is 17.8 Å². The van der Waals surface area contributed by atoms with E-state index in [0.29, 0.717) is 12.0 Å². The van der Waals surface area contributed by atoms with Crippen molar-refractivity contribution in [3.05, 3.63) is 59.7 Å². The molecule has 2 nitrogen and oxygen atoms in total. The Morgan fingerprint density at radius 3 is 2.41 bits per heavy atom. The molecule has 1 aromatic rings. The molecule has 1 fully saturated rings. The molecule has 116 valence electrons. The molecular formula is C20H25NO. The van der Waals surface area contributed by atoms with E-state index >= 15 is 0 Å². The van der Waals surface area contributed by atoms with Crippen LogP contribution in [0.1, 0.15) is 43.7 Å². The van der Waals surface area contributed by atoms with Crippen molar-refractivity contribution in [2.45, 2.75) is 51.7 Å². The third-order valence-corrected chi connectivity index (χ3v) is 4.30. The van der Waals surface area contributed by atoms with Gasteiger partial charge in [-0.05, 0) is 49.1 Å². The highest BCUT2D eigenvalue weighted by Crippen LogP contribution is 2.27. The van der Waals surface area contributed by atoms with Crippen molar-refractivity contribution >= 4 is 0 Å². The summed E-state index contributed by atoms with van der Waals surface area (Å²) in [7, 11) is 0. The van der Waals surface area contributed by atoms with Gasteiger partial charge in [-0.3, -0.25) is 0 Å². The van der Waals surface area contributed by atoms with Crippen molar-refractivity contribution in [2.75, 3.05) is 0 Å². The van der Waals surface area contributed by atoms with Gasteiger partial charge < -0.3 is 4.74 Å². The van der Waals surface area contributed by atoms with Crippen molar-refractivity contribution in [3.63, 3.8) is 0 Å². The van der Waals surface area contributed by atoms with Crippen LogP contribution in [0.25, 0.3) is 0 Å². The molecule has 0 aromatic heterocycles. The summed E-state index contributed by atoms with van der Waals surface area (Å²) in [6.07, 6.45) is 13.6. The molecule has 2 rings (SSSR count). The molecule has 0 unspecified atom stereocenters. The highest BCUT2D eigenvalue weighted by Gasteiger charge is 2.19. The Kier molecular flexibility index (Phi) is 6.93. The minimum absolute atomic E-state index is 0.394. The number of ether oxygens (including phenoxy) is 1. The average molecular weight is 295 g/mol. The van der Waals surface area contributed by atoms with Crippen molar-refractivity contribution in [1.82, 2.24) is 0 Å². The first kappa shape index (κ1) is 16.5. The number of benzene rings is 1. The number of aryl methyl sites for hydroxylation is 1. The molecule has 2 heteroatoms. The maximum Gasteiger partial charge on any atom is 0.0912 e. The van der Waals surface area contributed by atoms with E-state index in [0.717, 1.165) is 25.9 Å². The van der Waals surface area contributed by atoms with Crippen LogP contribution >= 0.6 is 0 Å². The number of allylic oxidation sites excluding steroid dienone is 4. The van der Waals surface area contributed by atoms with Gasteiger partial charge in [0.2, 0.25) is 0 Å². The smallest absolute Gasteiger partial charge is 0.0912 e. The zero-order chi connectivity index (χ0) is 15.6. The summed E-state index contributed by atoms with van der Waals surface area (Å²) >= 11 is 0. The molecular weight excluding hydrogens is 270 g/mol. The van der Waals surface area contributed by atoms with Crippen LogP contribution in [-0.4, -0.2) is 6.10 Å². The van der Waals surface area contributed by atoms with Gasteiger partial charge in [-0.25, -0.2) is 0 Å². The van der Waals surface area contributed by atoms with Crippen LogP contribution < -0.4 is 0 Å². The van der Waals surface area contributed by atoms with Crippen LogP contribution in [0, 0.1) is 17.2 Å². The molecule has 0 amide bonds. The van der Waals surface area contributed by atoms with E-state index in [1.165, 1.54) is 30.0 Å². The molecule has 0 N–H and O–H groups in total. The van der Waals surface area contributed by atoms with Crippen molar-refractivity contribution in [2.24, 2.45) is 5.92 Å². The number of nitrogens with zero attached hydrogens (tertiary/aromatic N) is 1. The SMILES string of the molecule is CCc1ccc(COC2CCC(/C=C/C=C/C#N)CC2)cc1. The molecule has 0 saturated heterocycles. The number of rotatable bonds is 6. The minimum Gasteiger partial charge on any atom is -0.374 e. The van der Waals surface area contributed by atoms with Gasteiger partial charge in [0.1, 0.15) is 0 Å². The first-order valence-electron chi connectivity index (χ1n) is 8.24. The Morgan fingerprint density at radius 1 is 1.09 bits per heavy atom. The summed E-state index contributed by atoms with van der Waals surface area (Å²) in [4.78, 5) is 0. The first-order valence-corrected chi connectivity index (χ1v) is 8.24. The molecule has 1 saturated carbocycles. The lowest BCUT2D eigenvalue weighted by Crippen LogP contribution is -2.20. The fourth-order valence-electron chi connectivity index (χ4n) is 2.85. The first-order chi connectivity index (χ1) is 10.8. The number of hydrogen-bond acceptors (Lipinski definition) is 2. The zero-order valence-electron chi connectivity index (χ0n) is 13.4. The topological polar surface area (TPSA) is 33.0 Å². The zero-order valence-corrected chi connectivity index (χ0v) is 13.4. The molecule has 1 aliphatic carbocycles. The van der Waals surface area contributed by atoms with Gasteiger partial charge >= 0.3 is 0 Å². The van der Waals surface area contributed by atoms with Gasteiger partial charge in [0.05, 0.1) is 18.8 Å². The molecule has 1 aromatic carbocycles. The lowest BCUT2D eigenvalue weighted by molar-refractivity contribution is 0.0110. The Hall–Kier alpha value is -1.85. The molecule has 0 bridgehead atoms. The summed E-state index contributed by atoms with van der Waals surface area (Å²) in [5, 5.41) is 8.43. The van der Waals surface area contributed by atoms with Crippen LogP contribution in [0.2, 0.25) is 0 Å². The Morgan fingerprint density at radius 2 is 1.77 bits per heavy atom. The highest BCUT2D eigenvalue weighted by atomic mass is 16.5. The van der Waals surface area contributed by atoms with Crippen molar-refractivity contribution < 1.29 is 4.74 Å². The van der Waals surface area contributed by atoms with E-state index in [1.807, 2.05) is 18.2 Å². The largest absolute Gasteiger partial charge is 0.374 e. The highest BCUT2D eigenvalue weighted by molar-refractivity contribution is 5.21. The summed E-state index contributed by atoms with van der Waals surface area (Å²) in [6.45, 7) is 2.90. The number of nitriles is 1. The monoisotopic (exact) mass is 295 g/mol. The van der Waals surface area contributed by atoms with Gasteiger partial charge in [0.25, 0.3) is 0 Å². The van der Waals surface area contributed by atoms with Gasteiger partial charge in [-0.2, -0.15) is 5.26 Å². The molecule has 22 heavy (non-hydrogen) atoms. The van der Waals surface area contributed by atoms with E-state index in [2.05, 4.69) is 37.3 Å². The Labute approximate surface area is 134 Å². The van der Waals surface area contributed by atoms with Crippen molar-refractivity contribution in [1.29, 1.82) is 5.26 Å². The molecule has 0 heterocycles. The number of hydrogen-bond donors (Lipinski definition) is 0. The van der Waals surface area contributed by atoms with E-state index in [1.54, 1.807) is 0 Å². The summed E-state index contributed by atoms with van der Waals surface area (Å²) in [5.41, 5.74) is 2.64. The maximum atomic E-state index is 8.43. The Balaban J connectivity index is 1.70. The normalized spacial score (nSPS) is 22.2. The predicted molar refractivity (Wildman–Crippen MR) is 90.2 cm³/mol. The summed E-state index contributed by atoms with van der Waals surface area (Å²) < 4.78 is 6.05. The van der Waals surface area contributed by atoms with Gasteiger partial charge in [-0.1, -0.05) is 49.4 Å². The van der Waals surface area contributed by atoms with E-state index < -0.39 is 0 Å². The lowest BCUT2D eigenvalue weighted by Gasteiger charge is -2.26. The molecule has 0 atom stereocenters. The predicted octanol–water partition coefficient (Wildman–Crippen LogP) is 4.96. The fourth-order valence-corrected chi connectivity index (χ4v) is 2.85. The quantitative estimate of drug-likeness (QED) is 0.549. The standard InChI is InChI=1S/C20H25NO/c1-2-17-7-9-19(10-8-17)16-22-20-13-11-18(12-14-20)6-4-3-5-15-21/h3-10,18,20H,2,11-14,16H2,1H3/b5-3+,6-4+. The van der Waals surface area contributed by atoms with Crippen LogP contribution in [0.3, 0.4) is 0 Å². The molecule has 0 spiro atoms. The fraction of sp³-hybridized carbons (Fsp3) is 0.450. The lowest BCUT2D eigenvalue weighted by atomic mass is 9.87. The maximum absolute atomic E-state index is 8.43. The van der Waals surface area contributed by atoms with Crippen LogP contribution in [0.15, 0.2) is 48.6 Å². The van der Waals surface area contributed by atoms with E-state index in [4.69, 9.17) is 10.00 Å². The van der Waals surface area contributed by atoms with Gasteiger partial charge in [0, 0.05) is 6.08 Å². The third-order valence-electron chi connectivity index (χ3n) is 4.30. The molecule has 1 aliphatic rings. The minimum atomic E-state index is 0.394. The van der Waals surface area contributed by atoms with Crippen LogP contribution in [0.5, 0.6) is 0 Å². The second kappa shape index (κ2) is 9.23. The van der Waals surface area contributed by atoms with Crippen molar-refractivity contribution in [3.8, 4) is 6.07 Å². The van der Waals surface area contributed by atoms with E-state index in [-0.39, 0.29) is 0 Å². The molecule has 0 aliphatic heterocycles. The average Bonchev–Trinajstić information content (AvgIpc) is 2.58. The van der Waals surface area contributed by atoms with E-state index in [9.17, 15) is 0 Å². The summed E-state index contributed by atoms with van der Waals surface area (Å²) in [5.74, 6) is 0.632. The third kappa shape index (κ3) is 5.50. The van der Waals surface area contributed by atoms with Crippen LogP contribution in [0.4, 0.5) is 0 Å². The molecule has 0 radical (unpaired) electrons. The second-order valence-corrected chi connectivity index (χ2v) is 5.89. The summed E-state index contributed by atoms with van der Waals surface area (Å²) in [6, 6.07) is 10.7. The van der Waals surface area contributed by atoms with Gasteiger partial charge in [0.15, 0.2) is 0 Å². The second-order valence-electron chi connectivity index (χ2n) is 5.89.